The standard InChI is InChI=1S/C6H14N2/c1-3-5-6-8(7)4-2/h3,5H,4,6-7H2,1-2H3/b5-3-. The fourth-order valence-electron chi connectivity index (χ4n) is 0.370. The molecule has 2 N–H and O–H groups in total. The molecule has 8 heavy (non-hydrogen) atoms. The highest BCUT2D eigenvalue weighted by Crippen LogP contribution is 1.76. The average molecular weight is 114 g/mol. The van der Waals surface area contributed by atoms with Crippen LogP contribution in [0.15, 0.2) is 12.2 Å². The van der Waals surface area contributed by atoms with Crippen LogP contribution in [0.2, 0.25) is 0 Å². The van der Waals surface area contributed by atoms with Gasteiger partial charge in [-0.3, -0.25) is 5.84 Å². The molecule has 0 heterocycles. The SMILES string of the molecule is C/C=C\CN(N)CC. The Bertz CT molecular complexity index is 68.9. The van der Waals surface area contributed by atoms with E-state index in [4.69, 9.17) is 5.84 Å². The van der Waals surface area contributed by atoms with Crippen molar-refractivity contribution in [1.29, 1.82) is 0 Å². The molecule has 0 aliphatic carbocycles. The van der Waals surface area contributed by atoms with E-state index in [1.165, 1.54) is 0 Å². The first-order valence-electron chi connectivity index (χ1n) is 2.92. The minimum Gasteiger partial charge on any atom is -0.269 e. The van der Waals surface area contributed by atoms with Crippen molar-refractivity contribution in [1.82, 2.24) is 5.01 Å². The van der Waals surface area contributed by atoms with Gasteiger partial charge in [-0.25, -0.2) is 5.01 Å². The van der Waals surface area contributed by atoms with Crippen molar-refractivity contribution in [2.45, 2.75) is 13.8 Å². The number of hydrazine groups is 1. The summed E-state index contributed by atoms with van der Waals surface area (Å²) in [6.07, 6.45) is 4.03. The Hall–Kier alpha value is -0.340. The van der Waals surface area contributed by atoms with Gasteiger partial charge in [0.05, 0.1) is 0 Å². The molecule has 0 unspecified atom stereocenters. The highest BCUT2D eigenvalue weighted by Gasteiger charge is 1.85. The van der Waals surface area contributed by atoms with Gasteiger partial charge in [0.2, 0.25) is 0 Å². The molecule has 0 bridgehead atoms. The second-order valence-electron chi connectivity index (χ2n) is 1.66. The first kappa shape index (κ1) is 7.66. The molecule has 0 saturated heterocycles. The van der Waals surface area contributed by atoms with Crippen LogP contribution in [-0.4, -0.2) is 18.1 Å². The van der Waals surface area contributed by atoms with Crippen LogP contribution < -0.4 is 5.84 Å². The maximum absolute atomic E-state index is 5.44. The van der Waals surface area contributed by atoms with Gasteiger partial charge in [-0.05, 0) is 6.92 Å². The molecule has 0 saturated carbocycles. The van der Waals surface area contributed by atoms with Crippen LogP contribution in [0.4, 0.5) is 0 Å². The van der Waals surface area contributed by atoms with E-state index < -0.39 is 0 Å². The van der Waals surface area contributed by atoms with Crippen LogP contribution in [0.5, 0.6) is 0 Å². The zero-order valence-corrected chi connectivity index (χ0v) is 5.59. The lowest BCUT2D eigenvalue weighted by Crippen LogP contribution is -2.30. The van der Waals surface area contributed by atoms with E-state index in [9.17, 15) is 0 Å². The summed E-state index contributed by atoms with van der Waals surface area (Å²) >= 11 is 0. The molecule has 0 aliphatic rings. The van der Waals surface area contributed by atoms with E-state index in [1.807, 2.05) is 26.0 Å². The van der Waals surface area contributed by atoms with Crippen molar-refractivity contribution in [2.24, 2.45) is 5.84 Å². The zero-order chi connectivity index (χ0) is 6.41. The molecule has 0 spiro atoms. The second kappa shape index (κ2) is 4.81. The van der Waals surface area contributed by atoms with Gasteiger partial charge < -0.3 is 0 Å². The third-order valence-electron chi connectivity index (χ3n) is 0.982. The van der Waals surface area contributed by atoms with Gasteiger partial charge in [0.1, 0.15) is 0 Å². The lowest BCUT2D eigenvalue weighted by Gasteiger charge is -2.08. The van der Waals surface area contributed by atoms with Crippen molar-refractivity contribution in [3.8, 4) is 0 Å². The quantitative estimate of drug-likeness (QED) is 0.333. The molecule has 2 nitrogen and oxygen atoms in total. The molecule has 2 heteroatoms. The summed E-state index contributed by atoms with van der Waals surface area (Å²) < 4.78 is 0. The van der Waals surface area contributed by atoms with Crippen molar-refractivity contribution < 1.29 is 0 Å². The monoisotopic (exact) mass is 114 g/mol. The Balaban J connectivity index is 3.10. The molecule has 0 fully saturated rings. The van der Waals surface area contributed by atoms with E-state index in [2.05, 4.69) is 0 Å². The largest absolute Gasteiger partial charge is 0.269 e. The number of likely N-dealkylation sites (N-methyl/N-ethyl adjacent to an activating group) is 1. The fourth-order valence-corrected chi connectivity index (χ4v) is 0.370. The van der Waals surface area contributed by atoms with E-state index in [0.29, 0.717) is 0 Å². The first-order chi connectivity index (χ1) is 3.81. The maximum atomic E-state index is 5.44. The Kier molecular flexibility index (Phi) is 4.61. The summed E-state index contributed by atoms with van der Waals surface area (Å²) in [4.78, 5) is 0. The summed E-state index contributed by atoms with van der Waals surface area (Å²) in [5.41, 5.74) is 0. The fraction of sp³-hybridized carbons (Fsp3) is 0.667. The zero-order valence-electron chi connectivity index (χ0n) is 5.59. The number of nitrogens with zero attached hydrogens (tertiary/aromatic N) is 1. The van der Waals surface area contributed by atoms with Gasteiger partial charge >= 0.3 is 0 Å². The van der Waals surface area contributed by atoms with Crippen LogP contribution in [0.1, 0.15) is 13.8 Å². The minimum absolute atomic E-state index is 0.854. The number of rotatable bonds is 3. The smallest absolute Gasteiger partial charge is 0.0309 e. The van der Waals surface area contributed by atoms with Gasteiger partial charge in [0.25, 0.3) is 0 Å². The van der Waals surface area contributed by atoms with Crippen molar-refractivity contribution in [2.75, 3.05) is 13.1 Å². The predicted octanol–water partition coefficient (Wildman–Crippen LogP) is 0.758. The Labute approximate surface area is 50.9 Å². The van der Waals surface area contributed by atoms with Gasteiger partial charge in [-0.1, -0.05) is 19.1 Å². The van der Waals surface area contributed by atoms with Gasteiger partial charge in [0.15, 0.2) is 0 Å². The van der Waals surface area contributed by atoms with Gasteiger partial charge in [-0.15, -0.1) is 0 Å². The summed E-state index contributed by atoms with van der Waals surface area (Å²) in [6, 6.07) is 0. The lowest BCUT2D eigenvalue weighted by molar-refractivity contribution is 0.333. The summed E-state index contributed by atoms with van der Waals surface area (Å²) in [7, 11) is 0. The maximum Gasteiger partial charge on any atom is 0.0309 e. The molecule has 0 amide bonds. The first-order valence-corrected chi connectivity index (χ1v) is 2.92. The van der Waals surface area contributed by atoms with E-state index in [1.54, 1.807) is 5.01 Å². The molecule has 0 rings (SSSR count). The molecule has 0 aromatic heterocycles. The Morgan fingerprint density at radius 2 is 2.25 bits per heavy atom. The third-order valence-corrected chi connectivity index (χ3v) is 0.982. The molecule has 0 aromatic carbocycles. The second-order valence-corrected chi connectivity index (χ2v) is 1.66. The molecule has 0 aliphatic heterocycles. The highest BCUT2D eigenvalue weighted by atomic mass is 15.4. The molecular weight excluding hydrogens is 100 g/mol. The van der Waals surface area contributed by atoms with Crippen molar-refractivity contribution in [3.05, 3.63) is 12.2 Å². The number of hydrogen-bond donors (Lipinski definition) is 1. The number of hydrogen-bond acceptors (Lipinski definition) is 2. The normalized spacial score (nSPS) is 11.5. The number of allylic oxidation sites excluding steroid dienone is 1. The molecule has 48 valence electrons. The molecule has 0 atom stereocenters. The molecular formula is C6H14N2. The van der Waals surface area contributed by atoms with E-state index >= 15 is 0 Å². The van der Waals surface area contributed by atoms with Crippen molar-refractivity contribution in [3.63, 3.8) is 0 Å². The lowest BCUT2D eigenvalue weighted by atomic mass is 10.5. The van der Waals surface area contributed by atoms with Gasteiger partial charge in [0, 0.05) is 13.1 Å². The Morgan fingerprint density at radius 1 is 1.62 bits per heavy atom. The van der Waals surface area contributed by atoms with Gasteiger partial charge in [-0.2, -0.15) is 0 Å². The summed E-state index contributed by atoms with van der Waals surface area (Å²) in [5.74, 6) is 5.44. The topological polar surface area (TPSA) is 29.3 Å². The number of nitrogens with two attached hydrogens (primary N) is 1. The van der Waals surface area contributed by atoms with Crippen LogP contribution in [0.3, 0.4) is 0 Å². The molecule has 0 aromatic rings. The van der Waals surface area contributed by atoms with E-state index in [-0.39, 0.29) is 0 Å². The summed E-state index contributed by atoms with van der Waals surface area (Å²) in [6.45, 7) is 5.78. The van der Waals surface area contributed by atoms with Crippen molar-refractivity contribution >= 4 is 0 Å². The average Bonchev–Trinajstić information content (AvgIpc) is 1.83. The van der Waals surface area contributed by atoms with Crippen LogP contribution in [-0.2, 0) is 0 Å². The minimum atomic E-state index is 0.854. The van der Waals surface area contributed by atoms with Crippen LogP contribution in [0, 0.1) is 0 Å². The summed E-state index contributed by atoms with van der Waals surface area (Å²) in [5, 5.41) is 1.75. The highest BCUT2D eigenvalue weighted by molar-refractivity contribution is 4.78. The van der Waals surface area contributed by atoms with Crippen LogP contribution in [0.25, 0.3) is 0 Å². The Morgan fingerprint density at radius 3 is 2.62 bits per heavy atom. The third kappa shape index (κ3) is 3.84. The molecule has 0 radical (unpaired) electrons. The van der Waals surface area contributed by atoms with E-state index in [0.717, 1.165) is 13.1 Å². The van der Waals surface area contributed by atoms with Crippen LogP contribution >= 0.6 is 0 Å². The predicted molar refractivity (Wildman–Crippen MR) is 36.2 cm³/mol.